The largest absolute Gasteiger partial charge is 0.456 e. The van der Waals surface area contributed by atoms with E-state index in [9.17, 15) is 4.79 Å². The number of hydrogen-bond donors (Lipinski definition) is 3. The number of halogens is 3. The second-order valence-corrected chi connectivity index (χ2v) is 9.27. The molecule has 4 N–H and O–H groups in total. The van der Waals surface area contributed by atoms with E-state index in [0.29, 0.717) is 41.0 Å². The van der Waals surface area contributed by atoms with Crippen LogP contribution in [-0.4, -0.2) is 32.5 Å². The average Bonchev–Trinajstić information content (AvgIpc) is 3.19. The second kappa shape index (κ2) is 12.3. The summed E-state index contributed by atoms with van der Waals surface area (Å²) in [7, 11) is 0. The van der Waals surface area contributed by atoms with E-state index in [1.165, 1.54) is 6.33 Å². The van der Waals surface area contributed by atoms with Gasteiger partial charge in [-0.25, -0.2) is 9.97 Å². The van der Waals surface area contributed by atoms with Crippen molar-refractivity contribution < 1.29 is 9.53 Å². The number of nitrogens with zero attached hydrogens (tertiary/aromatic N) is 3. The van der Waals surface area contributed by atoms with Crippen LogP contribution in [0.5, 0.6) is 11.5 Å². The van der Waals surface area contributed by atoms with Crippen molar-refractivity contribution in [2.24, 2.45) is 5.73 Å². The maximum Gasteiger partial charge on any atom is 0.251 e. The predicted molar refractivity (Wildman–Crippen MR) is 150 cm³/mol. The number of fused-ring (bicyclic) bond motifs is 1. The monoisotopic (exact) mass is 550 g/mol. The SMILES string of the molecule is CC(C)(C)NC(=O)c1cccc(Oc2ccc(Nc3ncnc4ccn(CCN)c34)cc2Cl)c1.Cl.Cl. The summed E-state index contributed by atoms with van der Waals surface area (Å²) in [6, 6.07) is 14.3. The van der Waals surface area contributed by atoms with Crippen molar-refractivity contribution in [1.82, 2.24) is 19.9 Å². The van der Waals surface area contributed by atoms with Crippen molar-refractivity contribution in [3.05, 3.63) is 71.6 Å². The van der Waals surface area contributed by atoms with Crippen molar-refractivity contribution in [2.75, 3.05) is 11.9 Å². The first-order valence-electron chi connectivity index (χ1n) is 10.9. The second-order valence-electron chi connectivity index (χ2n) is 8.86. The molecule has 0 saturated carbocycles. The zero-order valence-electron chi connectivity index (χ0n) is 20.1. The molecule has 0 fully saturated rings. The molecule has 2 aromatic carbocycles. The first kappa shape index (κ1) is 29.2. The van der Waals surface area contributed by atoms with Crippen LogP contribution in [0.25, 0.3) is 11.0 Å². The van der Waals surface area contributed by atoms with Gasteiger partial charge in [-0.15, -0.1) is 24.8 Å². The Hall–Kier alpha value is -3.04. The molecule has 11 heteroatoms. The van der Waals surface area contributed by atoms with Crippen molar-refractivity contribution in [1.29, 1.82) is 0 Å². The lowest BCUT2D eigenvalue weighted by Crippen LogP contribution is -2.40. The minimum Gasteiger partial charge on any atom is -0.456 e. The Morgan fingerprint density at radius 2 is 1.89 bits per heavy atom. The number of benzene rings is 2. The van der Waals surface area contributed by atoms with Crippen LogP contribution in [0.15, 0.2) is 61.1 Å². The van der Waals surface area contributed by atoms with Crippen LogP contribution in [0.3, 0.4) is 0 Å². The average molecular weight is 552 g/mol. The molecule has 0 aliphatic heterocycles. The molecular weight excluding hydrogens is 523 g/mol. The third kappa shape index (κ3) is 7.01. The van der Waals surface area contributed by atoms with Gasteiger partial charge in [0.25, 0.3) is 5.91 Å². The Balaban J connectivity index is 0.00000228. The van der Waals surface area contributed by atoms with Gasteiger partial charge in [0.1, 0.15) is 23.3 Å². The molecule has 0 unspecified atom stereocenters. The van der Waals surface area contributed by atoms with Crippen molar-refractivity contribution in [3.63, 3.8) is 0 Å². The van der Waals surface area contributed by atoms with E-state index in [0.717, 1.165) is 16.7 Å². The molecule has 192 valence electrons. The van der Waals surface area contributed by atoms with Crippen LogP contribution >= 0.6 is 36.4 Å². The van der Waals surface area contributed by atoms with Crippen LogP contribution in [0.1, 0.15) is 31.1 Å². The number of amides is 1. The molecule has 36 heavy (non-hydrogen) atoms. The lowest BCUT2D eigenvalue weighted by molar-refractivity contribution is 0.0919. The summed E-state index contributed by atoms with van der Waals surface area (Å²) in [6.07, 6.45) is 3.45. The van der Waals surface area contributed by atoms with E-state index >= 15 is 0 Å². The number of aromatic nitrogens is 3. The molecular formula is C25H29Cl3N6O2. The van der Waals surface area contributed by atoms with E-state index in [1.54, 1.807) is 36.4 Å². The number of nitrogens with two attached hydrogens (primary N) is 1. The highest BCUT2D eigenvalue weighted by atomic mass is 35.5. The third-order valence-electron chi connectivity index (χ3n) is 4.93. The molecule has 0 saturated heterocycles. The summed E-state index contributed by atoms with van der Waals surface area (Å²) >= 11 is 6.51. The molecule has 4 rings (SSSR count). The van der Waals surface area contributed by atoms with Crippen LogP contribution in [-0.2, 0) is 6.54 Å². The Kier molecular flexibility index (Phi) is 9.95. The summed E-state index contributed by atoms with van der Waals surface area (Å²) in [5.41, 5.74) is 8.35. The molecule has 1 amide bonds. The highest BCUT2D eigenvalue weighted by Crippen LogP contribution is 2.33. The number of carbonyl (C=O) groups is 1. The standard InChI is InChI=1S/C25H27ClN6O2.2ClH/c1-25(2,3)31-24(33)16-5-4-6-18(13-16)34-21-8-7-17(14-19(21)26)30-23-22-20(28-15-29-23)9-11-32(22)12-10-27;;/h4-9,11,13-15H,10,12,27H2,1-3H3,(H,31,33)(H,28,29,30);2*1H. The first-order valence-corrected chi connectivity index (χ1v) is 11.3. The number of ether oxygens (including phenoxy) is 1. The van der Waals surface area contributed by atoms with Gasteiger partial charge in [0, 0.05) is 36.1 Å². The number of carbonyl (C=O) groups excluding carboxylic acids is 1. The van der Waals surface area contributed by atoms with Gasteiger partial charge < -0.3 is 25.7 Å². The molecule has 0 aliphatic rings. The molecule has 0 aliphatic carbocycles. The lowest BCUT2D eigenvalue weighted by atomic mass is 10.1. The van der Waals surface area contributed by atoms with Gasteiger partial charge in [-0.05, 0) is 63.2 Å². The number of anilines is 2. The van der Waals surface area contributed by atoms with E-state index in [4.69, 9.17) is 22.1 Å². The Morgan fingerprint density at radius 1 is 1.11 bits per heavy atom. The van der Waals surface area contributed by atoms with Crippen LogP contribution in [0.2, 0.25) is 5.02 Å². The van der Waals surface area contributed by atoms with Gasteiger partial charge in [0.05, 0.1) is 10.5 Å². The fourth-order valence-electron chi connectivity index (χ4n) is 3.49. The molecule has 0 radical (unpaired) electrons. The van der Waals surface area contributed by atoms with Crippen LogP contribution in [0.4, 0.5) is 11.5 Å². The minimum atomic E-state index is -0.332. The lowest BCUT2D eigenvalue weighted by Gasteiger charge is -2.20. The normalized spacial score (nSPS) is 10.8. The Labute approximate surface area is 227 Å². The molecule has 4 aromatic rings. The van der Waals surface area contributed by atoms with Gasteiger partial charge in [-0.3, -0.25) is 4.79 Å². The van der Waals surface area contributed by atoms with Crippen molar-refractivity contribution in [2.45, 2.75) is 32.9 Å². The van der Waals surface area contributed by atoms with Crippen LogP contribution in [0, 0.1) is 0 Å². The van der Waals surface area contributed by atoms with E-state index in [-0.39, 0.29) is 36.3 Å². The van der Waals surface area contributed by atoms with E-state index in [1.807, 2.05) is 43.7 Å². The zero-order chi connectivity index (χ0) is 24.3. The fraction of sp³-hybridized carbons (Fsp3) is 0.240. The van der Waals surface area contributed by atoms with Crippen molar-refractivity contribution in [3.8, 4) is 11.5 Å². The third-order valence-corrected chi connectivity index (χ3v) is 5.22. The van der Waals surface area contributed by atoms with E-state index in [2.05, 4.69) is 20.6 Å². The number of rotatable bonds is 7. The van der Waals surface area contributed by atoms with Gasteiger partial charge in [0.2, 0.25) is 0 Å². The van der Waals surface area contributed by atoms with Gasteiger partial charge in [-0.1, -0.05) is 17.7 Å². The van der Waals surface area contributed by atoms with Crippen LogP contribution < -0.4 is 21.1 Å². The topological polar surface area (TPSA) is 107 Å². The highest BCUT2D eigenvalue weighted by Gasteiger charge is 2.16. The molecule has 0 spiro atoms. The number of hydrogen-bond acceptors (Lipinski definition) is 6. The summed E-state index contributed by atoms with van der Waals surface area (Å²) in [6.45, 7) is 6.97. The molecule has 0 atom stereocenters. The fourth-order valence-corrected chi connectivity index (χ4v) is 3.71. The number of nitrogens with one attached hydrogen (secondary N) is 2. The highest BCUT2D eigenvalue weighted by molar-refractivity contribution is 6.32. The molecule has 2 heterocycles. The summed E-state index contributed by atoms with van der Waals surface area (Å²) < 4.78 is 7.97. The van der Waals surface area contributed by atoms with Gasteiger partial charge >= 0.3 is 0 Å². The Bertz CT molecular complexity index is 1340. The smallest absolute Gasteiger partial charge is 0.251 e. The maximum atomic E-state index is 12.5. The molecule has 8 nitrogen and oxygen atoms in total. The van der Waals surface area contributed by atoms with Crippen molar-refractivity contribution >= 4 is 64.9 Å². The van der Waals surface area contributed by atoms with Gasteiger partial charge in [0.15, 0.2) is 5.82 Å². The van der Waals surface area contributed by atoms with E-state index < -0.39 is 0 Å². The van der Waals surface area contributed by atoms with Gasteiger partial charge in [-0.2, -0.15) is 0 Å². The minimum absolute atomic E-state index is 0. The molecule has 2 aromatic heterocycles. The quantitative estimate of drug-likeness (QED) is 0.262. The summed E-state index contributed by atoms with van der Waals surface area (Å²) in [5, 5.41) is 6.66. The summed E-state index contributed by atoms with van der Waals surface area (Å²) in [4.78, 5) is 21.2. The zero-order valence-corrected chi connectivity index (χ0v) is 22.5. The maximum absolute atomic E-state index is 12.5. The molecule has 0 bridgehead atoms. The Morgan fingerprint density at radius 3 is 2.58 bits per heavy atom. The first-order chi connectivity index (χ1) is 16.2. The predicted octanol–water partition coefficient (Wildman–Crippen LogP) is 5.95. The summed E-state index contributed by atoms with van der Waals surface area (Å²) in [5.74, 6) is 1.48.